The van der Waals surface area contributed by atoms with Crippen molar-refractivity contribution < 1.29 is 18.3 Å². The fourth-order valence-corrected chi connectivity index (χ4v) is 2.65. The van der Waals surface area contributed by atoms with Crippen molar-refractivity contribution in [1.29, 1.82) is 0 Å². The Labute approximate surface area is 95.0 Å². The zero-order valence-electron chi connectivity index (χ0n) is 9.98. The normalized spacial score (nSPS) is 36.4. The Balaban J connectivity index is 2.40. The van der Waals surface area contributed by atoms with Gasteiger partial charge in [-0.3, -0.25) is 0 Å². The van der Waals surface area contributed by atoms with Crippen molar-refractivity contribution in [3.05, 3.63) is 0 Å². The summed E-state index contributed by atoms with van der Waals surface area (Å²) >= 11 is 0. The smallest absolute Gasteiger partial charge is 0.389 e. The molecule has 0 spiro atoms. The van der Waals surface area contributed by atoms with Gasteiger partial charge in [0.1, 0.15) is 0 Å². The van der Waals surface area contributed by atoms with E-state index < -0.39 is 18.2 Å². The maximum absolute atomic E-state index is 12.0. The van der Waals surface area contributed by atoms with E-state index in [2.05, 4.69) is 6.92 Å². The molecule has 96 valence electrons. The minimum Gasteiger partial charge on any atom is -0.390 e. The van der Waals surface area contributed by atoms with E-state index in [0.717, 1.165) is 12.8 Å². The molecule has 3 atom stereocenters. The van der Waals surface area contributed by atoms with E-state index in [1.165, 1.54) is 0 Å². The fourth-order valence-electron chi connectivity index (χ4n) is 2.65. The summed E-state index contributed by atoms with van der Waals surface area (Å²) in [6.45, 7) is 4.08. The van der Waals surface area contributed by atoms with Gasteiger partial charge in [-0.1, -0.05) is 13.8 Å². The Hall–Kier alpha value is -0.250. The van der Waals surface area contributed by atoms with Gasteiger partial charge in [-0.2, -0.15) is 13.2 Å². The molecule has 1 aliphatic carbocycles. The first kappa shape index (κ1) is 13.8. The van der Waals surface area contributed by atoms with Crippen molar-refractivity contribution in [2.45, 2.75) is 64.1 Å². The van der Waals surface area contributed by atoms with Crippen LogP contribution < -0.4 is 0 Å². The van der Waals surface area contributed by atoms with Crippen LogP contribution in [-0.4, -0.2) is 16.9 Å². The molecular weight excluding hydrogens is 217 g/mol. The van der Waals surface area contributed by atoms with Gasteiger partial charge < -0.3 is 5.11 Å². The standard InChI is InChI=1S/C12H21F3O/c1-9-4-7-11(16,10(2)8-9)5-3-6-12(13,14)15/h9-10,16H,3-8H2,1-2H3. The lowest BCUT2D eigenvalue weighted by molar-refractivity contribution is -0.140. The monoisotopic (exact) mass is 238 g/mol. The molecule has 0 aliphatic heterocycles. The molecule has 0 amide bonds. The third-order valence-corrected chi connectivity index (χ3v) is 3.81. The SMILES string of the molecule is CC1CCC(O)(CCCC(F)(F)F)C(C)C1. The fraction of sp³-hybridized carbons (Fsp3) is 1.00. The predicted octanol–water partition coefficient (Wildman–Crippen LogP) is 3.91. The number of rotatable bonds is 3. The first-order chi connectivity index (χ1) is 7.23. The molecule has 1 rings (SSSR count). The van der Waals surface area contributed by atoms with Crippen LogP contribution in [0.4, 0.5) is 13.2 Å². The summed E-state index contributed by atoms with van der Waals surface area (Å²) in [6, 6.07) is 0. The maximum atomic E-state index is 12.0. The summed E-state index contributed by atoms with van der Waals surface area (Å²) in [6.07, 6.45) is -2.07. The summed E-state index contributed by atoms with van der Waals surface area (Å²) in [5.74, 6) is 0.697. The second-order valence-electron chi connectivity index (χ2n) is 5.35. The summed E-state index contributed by atoms with van der Waals surface area (Å²) in [7, 11) is 0. The molecule has 1 saturated carbocycles. The van der Waals surface area contributed by atoms with Gasteiger partial charge in [0.15, 0.2) is 0 Å². The number of halogens is 3. The van der Waals surface area contributed by atoms with Crippen LogP contribution in [0.3, 0.4) is 0 Å². The van der Waals surface area contributed by atoms with E-state index in [-0.39, 0.29) is 18.8 Å². The van der Waals surface area contributed by atoms with E-state index in [1.807, 2.05) is 6.92 Å². The Morgan fingerprint density at radius 1 is 1.31 bits per heavy atom. The summed E-state index contributed by atoms with van der Waals surface area (Å²) in [4.78, 5) is 0. The first-order valence-electron chi connectivity index (χ1n) is 6.02. The molecule has 0 aromatic heterocycles. The van der Waals surface area contributed by atoms with Crippen LogP contribution in [0.1, 0.15) is 52.4 Å². The third kappa shape index (κ3) is 3.96. The third-order valence-electron chi connectivity index (χ3n) is 3.81. The van der Waals surface area contributed by atoms with Gasteiger partial charge in [-0.25, -0.2) is 0 Å². The van der Waals surface area contributed by atoms with E-state index in [0.29, 0.717) is 12.3 Å². The lowest BCUT2D eigenvalue weighted by Gasteiger charge is -2.41. The Bertz CT molecular complexity index is 227. The summed E-state index contributed by atoms with van der Waals surface area (Å²) in [5, 5.41) is 10.3. The van der Waals surface area contributed by atoms with Crippen molar-refractivity contribution in [2.75, 3.05) is 0 Å². The topological polar surface area (TPSA) is 20.2 Å². The van der Waals surface area contributed by atoms with Gasteiger partial charge in [0.25, 0.3) is 0 Å². The lowest BCUT2D eigenvalue weighted by Crippen LogP contribution is -2.41. The van der Waals surface area contributed by atoms with Gasteiger partial charge in [0.2, 0.25) is 0 Å². The largest absolute Gasteiger partial charge is 0.390 e. The molecule has 0 bridgehead atoms. The highest BCUT2D eigenvalue weighted by Gasteiger charge is 2.38. The van der Waals surface area contributed by atoms with Crippen molar-refractivity contribution in [3.63, 3.8) is 0 Å². The van der Waals surface area contributed by atoms with E-state index in [4.69, 9.17) is 0 Å². The van der Waals surface area contributed by atoms with Gasteiger partial charge in [0.05, 0.1) is 5.60 Å². The highest BCUT2D eigenvalue weighted by Crippen LogP contribution is 2.40. The summed E-state index contributed by atoms with van der Waals surface area (Å²) in [5.41, 5.74) is -0.863. The highest BCUT2D eigenvalue weighted by atomic mass is 19.4. The van der Waals surface area contributed by atoms with Gasteiger partial charge in [-0.05, 0) is 43.9 Å². The average molecular weight is 238 g/mol. The molecule has 3 unspecified atom stereocenters. The van der Waals surface area contributed by atoms with Gasteiger partial charge in [0, 0.05) is 6.42 Å². The van der Waals surface area contributed by atoms with Crippen molar-refractivity contribution in [3.8, 4) is 0 Å². The Morgan fingerprint density at radius 3 is 2.44 bits per heavy atom. The first-order valence-corrected chi connectivity index (χ1v) is 6.02. The van der Waals surface area contributed by atoms with Crippen LogP contribution in [0.2, 0.25) is 0 Å². The van der Waals surface area contributed by atoms with E-state index in [9.17, 15) is 18.3 Å². The van der Waals surface area contributed by atoms with Crippen molar-refractivity contribution in [1.82, 2.24) is 0 Å². The van der Waals surface area contributed by atoms with E-state index >= 15 is 0 Å². The van der Waals surface area contributed by atoms with Crippen LogP contribution in [0.25, 0.3) is 0 Å². The quantitative estimate of drug-likeness (QED) is 0.790. The average Bonchev–Trinajstić information content (AvgIpc) is 2.10. The molecule has 0 saturated heterocycles. The predicted molar refractivity (Wildman–Crippen MR) is 57.0 cm³/mol. The second-order valence-corrected chi connectivity index (χ2v) is 5.35. The number of hydrogen-bond acceptors (Lipinski definition) is 1. The molecule has 0 aromatic rings. The zero-order valence-corrected chi connectivity index (χ0v) is 9.98. The second kappa shape index (κ2) is 4.94. The molecule has 0 radical (unpaired) electrons. The molecule has 0 heterocycles. The molecule has 1 nitrogen and oxygen atoms in total. The number of aliphatic hydroxyl groups is 1. The molecule has 4 heteroatoms. The van der Waals surface area contributed by atoms with Crippen LogP contribution in [-0.2, 0) is 0 Å². The van der Waals surface area contributed by atoms with Crippen LogP contribution >= 0.6 is 0 Å². The van der Waals surface area contributed by atoms with E-state index in [1.54, 1.807) is 0 Å². The molecular formula is C12H21F3O. The number of hydrogen-bond donors (Lipinski definition) is 1. The van der Waals surface area contributed by atoms with Crippen LogP contribution in [0, 0.1) is 11.8 Å². The number of alkyl halides is 3. The molecule has 16 heavy (non-hydrogen) atoms. The minimum absolute atomic E-state index is 0.0404. The Morgan fingerprint density at radius 2 is 1.94 bits per heavy atom. The van der Waals surface area contributed by atoms with Crippen molar-refractivity contribution in [2.24, 2.45) is 11.8 Å². The van der Waals surface area contributed by atoms with Crippen LogP contribution in [0.5, 0.6) is 0 Å². The minimum atomic E-state index is -4.10. The molecule has 1 fully saturated rings. The highest BCUT2D eigenvalue weighted by molar-refractivity contribution is 4.89. The van der Waals surface area contributed by atoms with Crippen LogP contribution in [0.15, 0.2) is 0 Å². The maximum Gasteiger partial charge on any atom is 0.389 e. The lowest BCUT2D eigenvalue weighted by atomic mass is 9.70. The molecule has 1 aliphatic rings. The molecule has 1 N–H and O–H groups in total. The van der Waals surface area contributed by atoms with Gasteiger partial charge >= 0.3 is 6.18 Å². The Kier molecular flexibility index (Phi) is 4.27. The summed E-state index contributed by atoms with van der Waals surface area (Å²) < 4.78 is 36.0. The van der Waals surface area contributed by atoms with Gasteiger partial charge in [-0.15, -0.1) is 0 Å². The molecule has 0 aromatic carbocycles. The van der Waals surface area contributed by atoms with Crippen molar-refractivity contribution >= 4 is 0 Å². The zero-order chi connectivity index (χ0) is 12.4.